The number of hydrogen-bond donors (Lipinski definition) is 2. The Morgan fingerprint density at radius 2 is 2.05 bits per heavy atom. The second-order valence-electron chi connectivity index (χ2n) is 4.53. The minimum Gasteiger partial charge on any atom is -0.473 e. The average Bonchev–Trinajstić information content (AvgIpc) is 2.45. The number of nitrogens with one attached hydrogen (secondary N) is 2. The number of halogens is 1. The van der Waals surface area contributed by atoms with Crippen LogP contribution in [0.1, 0.15) is 11.1 Å². The van der Waals surface area contributed by atoms with Crippen molar-refractivity contribution in [1.82, 2.24) is 10.3 Å². The lowest BCUT2D eigenvalue weighted by Gasteiger charge is -2.11. The number of ether oxygens (including phenoxy) is 1. The van der Waals surface area contributed by atoms with Gasteiger partial charge >= 0.3 is 6.03 Å². The lowest BCUT2D eigenvalue weighted by Crippen LogP contribution is -2.32. The summed E-state index contributed by atoms with van der Waals surface area (Å²) >= 11 is 6.08. The number of pyridine rings is 1. The predicted molar refractivity (Wildman–Crippen MR) is 82.8 cm³/mol. The van der Waals surface area contributed by atoms with E-state index in [1.54, 1.807) is 24.5 Å². The van der Waals surface area contributed by atoms with Crippen molar-refractivity contribution in [2.45, 2.75) is 13.8 Å². The molecule has 0 saturated heterocycles. The molecule has 0 aliphatic heterocycles. The molecule has 21 heavy (non-hydrogen) atoms. The Labute approximate surface area is 128 Å². The Hall–Kier alpha value is -2.27. The van der Waals surface area contributed by atoms with Crippen LogP contribution in [0.25, 0.3) is 0 Å². The number of benzene rings is 1. The molecule has 0 aliphatic carbocycles. The molecule has 2 N–H and O–H groups in total. The van der Waals surface area contributed by atoms with Gasteiger partial charge in [-0.05, 0) is 49.2 Å². The number of hydrogen-bond acceptors (Lipinski definition) is 3. The van der Waals surface area contributed by atoms with Gasteiger partial charge in [-0.25, -0.2) is 4.79 Å². The third-order valence-electron chi connectivity index (χ3n) is 2.80. The van der Waals surface area contributed by atoms with Crippen molar-refractivity contribution in [1.29, 1.82) is 0 Å². The Balaban J connectivity index is 1.83. The Bertz CT molecular complexity index is 609. The molecule has 0 saturated carbocycles. The summed E-state index contributed by atoms with van der Waals surface area (Å²) in [6.07, 6.45) is 3.20. The summed E-state index contributed by atoms with van der Waals surface area (Å²) in [5.74, 6) is 0.663. The third kappa shape index (κ3) is 4.36. The van der Waals surface area contributed by atoms with Gasteiger partial charge in [0, 0.05) is 11.2 Å². The number of carbonyl (C=O) groups excluding carboxylic acids is 1. The second-order valence-corrected chi connectivity index (χ2v) is 4.91. The summed E-state index contributed by atoms with van der Waals surface area (Å²) in [7, 11) is 0. The minimum atomic E-state index is -0.356. The van der Waals surface area contributed by atoms with E-state index in [-0.39, 0.29) is 12.8 Å². The van der Waals surface area contributed by atoms with Crippen LogP contribution in [0.4, 0.5) is 10.5 Å². The first-order valence-corrected chi connectivity index (χ1v) is 6.78. The van der Waals surface area contributed by atoms with Crippen LogP contribution in [-0.2, 0) is 0 Å². The largest absolute Gasteiger partial charge is 0.473 e. The van der Waals surface area contributed by atoms with Crippen LogP contribution in [0, 0.1) is 13.8 Å². The number of nitrogens with zero attached hydrogens (tertiary/aromatic N) is 1. The van der Waals surface area contributed by atoms with Gasteiger partial charge in [-0.15, -0.1) is 0 Å². The van der Waals surface area contributed by atoms with Crippen LogP contribution in [0.2, 0.25) is 5.02 Å². The fourth-order valence-corrected chi connectivity index (χ4v) is 1.90. The summed E-state index contributed by atoms with van der Waals surface area (Å²) in [5.41, 5.74) is 2.49. The number of aryl methyl sites for hydroxylation is 2. The fourth-order valence-electron chi connectivity index (χ4n) is 1.79. The number of aromatic nitrogens is 1. The highest BCUT2D eigenvalue weighted by Crippen LogP contribution is 2.25. The molecule has 0 bridgehead atoms. The van der Waals surface area contributed by atoms with Gasteiger partial charge in [0.2, 0.25) is 0 Å². The topological polar surface area (TPSA) is 63.2 Å². The summed E-state index contributed by atoms with van der Waals surface area (Å²) in [4.78, 5) is 15.5. The van der Waals surface area contributed by atoms with Crippen LogP contribution >= 0.6 is 11.6 Å². The van der Waals surface area contributed by atoms with Gasteiger partial charge in [0.1, 0.15) is 5.75 Å². The molecule has 2 amide bonds. The molecule has 1 heterocycles. The molecule has 5 nitrogen and oxygen atoms in total. The van der Waals surface area contributed by atoms with E-state index >= 15 is 0 Å². The van der Waals surface area contributed by atoms with E-state index in [1.165, 1.54) is 0 Å². The van der Waals surface area contributed by atoms with E-state index in [9.17, 15) is 4.79 Å². The molecule has 1 aromatic heterocycles. The molecule has 0 atom stereocenters. The Morgan fingerprint density at radius 3 is 2.67 bits per heavy atom. The molecule has 1 aromatic carbocycles. The number of amides is 2. The van der Waals surface area contributed by atoms with E-state index in [1.807, 2.05) is 26.0 Å². The molecule has 0 fully saturated rings. The van der Waals surface area contributed by atoms with Gasteiger partial charge in [0.15, 0.2) is 6.73 Å². The third-order valence-corrected chi connectivity index (χ3v) is 3.40. The van der Waals surface area contributed by atoms with Crippen molar-refractivity contribution in [3.63, 3.8) is 0 Å². The van der Waals surface area contributed by atoms with Gasteiger partial charge in [0.25, 0.3) is 0 Å². The zero-order chi connectivity index (χ0) is 15.2. The van der Waals surface area contributed by atoms with E-state index in [4.69, 9.17) is 16.3 Å². The lowest BCUT2D eigenvalue weighted by molar-refractivity contribution is 0.234. The SMILES string of the molecule is Cc1cc(OCNC(=O)Nc2cccnc2)cc(C)c1Cl. The monoisotopic (exact) mass is 305 g/mol. The van der Waals surface area contributed by atoms with Gasteiger partial charge < -0.3 is 15.4 Å². The summed E-state index contributed by atoms with van der Waals surface area (Å²) in [5, 5.41) is 5.97. The number of anilines is 1. The van der Waals surface area contributed by atoms with Crippen molar-refractivity contribution < 1.29 is 9.53 Å². The Kier molecular flexibility index (Phi) is 5.00. The molecule has 0 aliphatic rings. The molecule has 0 spiro atoms. The zero-order valence-electron chi connectivity index (χ0n) is 11.8. The summed E-state index contributed by atoms with van der Waals surface area (Å²) in [6, 6.07) is 6.79. The van der Waals surface area contributed by atoms with Gasteiger partial charge in [-0.3, -0.25) is 4.98 Å². The maximum atomic E-state index is 11.6. The molecule has 2 rings (SSSR count). The first-order valence-electron chi connectivity index (χ1n) is 6.40. The van der Waals surface area contributed by atoms with E-state index in [2.05, 4.69) is 15.6 Å². The first kappa shape index (κ1) is 15.1. The summed E-state index contributed by atoms with van der Waals surface area (Å²) < 4.78 is 5.48. The molecule has 110 valence electrons. The molecular formula is C15H16ClN3O2. The Morgan fingerprint density at radius 1 is 1.33 bits per heavy atom. The maximum absolute atomic E-state index is 11.6. The first-order chi connectivity index (χ1) is 10.1. The highest BCUT2D eigenvalue weighted by Gasteiger charge is 2.05. The van der Waals surface area contributed by atoms with Gasteiger partial charge in [-0.1, -0.05) is 11.6 Å². The van der Waals surface area contributed by atoms with Crippen LogP contribution in [-0.4, -0.2) is 17.7 Å². The summed E-state index contributed by atoms with van der Waals surface area (Å²) in [6.45, 7) is 3.88. The number of carbonyl (C=O) groups is 1. The van der Waals surface area contributed by atoms with E-state index in [0.29, 0.717) is 11.4 Å². The van der Waals surface area contributed by atoms with Crippen LogP contribution < -0.4 is 15.4 Å². The standard InChI is InChI=1S/C15H16ClN3O2/c1-10-6-13(7-11(2)14(10)16)21-9-18-15(20)19-12-4-3-5-17-8-12/h3-8H,9H2,1-2H3,(H2,18,19,20). The molecular weight excluding hydrogens is 290 g/mol. The van der Waals surface area contributed by atoms with Gasteiger partial charge in [0.05, 0.1) is 11.9 Å². The van der Waals surface area contributed by atoms with Crippen LogP contribution in [0.5, 0.6) is 5.75 Å². The van der Waals surface area contributed by atoms with E-state index in [0.717, 1.165) is 16.1 Å². The van der Waals surface area contributed by atoms with E-state index < -0.39 is 0 Å². The predicted octanol–water partition coefficient (Wildman–Crippen LogP) is 3.51. The van der Waals surface area contributed by atoms with Gasteiger partial charge in [-0.2, -0.15) is 0 Å². The molecule has 0 radical (unpaired) electrons. The highest BCUT2D eigenvalue weighted by atomic mass is 35.5. The highest BCUT2D eigenvalue weighted by molar-refractivity contribution is 6.32. The van der Waals surface area contributed by atoms with Crippen molar-refractivity contribution >= 4 is 23.3 Å². The normalized spacial score (nSPS) is 10.0. The van der Waals surface area contributed by atoms with Crippen molar-refractivity contribution in [2.75, 3.05) is 12.0 Å². The smallest absolute Gasteiger partial charge is 0.321 e. The van der Waals surface area contributed by atoms with Crippen molar-refractivity contribution in [3.05, 3.63) is 52.8 Å². The molecule has 0 unspecified atom stereocenters. The van der Waals surface area contributed by atoms with Crippen molar-refractivity contribution in [3.8, 4) is 5.75 Å². The average molecular weight is 306 g/mol. The van der Waals surface area contributed by atoms with Crippen LogP contribution in [0.3, 0.4) is 0 Å². The molecule has 6 heteroatoms. The number of rotatable bonds is 4. The second kappa shape index (κ2) is 6.95. The number of urea groups is 1. The molecule has 2 aromatic rings. The minimum absolute atomic E-state index is 0.0621. The quantitative estimate of drug-likeness (QED) is 0.850. The van der Waals surface area contributed by atoms with Crippen molar-refractivity contribution in [2.24, 2.45) is 0 Å². The maximum Gasteiger partial charge on any atom is 0.321 e. The van der Waals surface area contributed by atoms with Crippen LogP contribution in [0.15, 0.2) is 36.7 Å². The fraction of sp³-hybridized carbons (Fsp3) is 0.200. The lowest BCUT2D eigenvalue weighted by atomic mass is 10.1. The zero-order valence-corrected chi connectivity index (χ0v) is 12.6.